The summed E-state index contributed by atoms with van der Waals surface area (Å²) in [4.78, 5) is 25.6. The molecule has 2 rings (SSSR count). The number of fused-ring (bicyclic) bond motifs is 1. The molecule has 1 N–H and O–H groups in total. The standard InChI is InChI=1S/C18H26N2O4/c1-18(2,3)17(22)19-9-5-6-16(21)20(4)11-13-7-8-14-15(10-13)24-12-23-14/h7-8,10H,5-6,9,11-12H2,1-4H3,(H,19,22). The van der Waals surface area contributed by atoms with Gasteiger partial charge >= 0.3 is 0 Å². The molecule has 0 spiro atoms. The lowest BCUT2D eigenvalue weighted by atomic mass is 9.96. The molecule has 1 aromatic rings. The van der Waals surface area contributed by atoms with Crippen molar-refractivity contribution in [1.82, 2.24) is 10.2 Å². The Bertz CT molecular complexity index is 608. The normalized spacial score (nSPS) is 12.8. The monoisotopic (exact) mass is 334 g/mol. The minimum absolute atomic E-state index is 0.00339. The van der Waals surface area contributed by atoms with Gasteiger partial charge in [-0.15, -0.1) is 0 Å². The van der Waals surface area contributed by atoms with Gasteiger partial charge in [0.2, 0.25) is 18.6 Å². The fourth-order valence-corrected chi connectivity index (χ4v) is 2.30. The van der Waals surface area contributed by atoms with Crippen LogP contribution >= 0.6 is 0 Å². The van der Waals surface area contributed by atoms with Crippen molar-refractivity contribution in [2.45, 2.75) is 40.2 Å². The molecule has 24 heavy (non-hydrogen) atoms. The quantitative estimate of drug-likeness (QED) is 0.811. The first-order valence-corrected chi connectivity index (χ1v) is 8.18. The fraction of sp³-hybridized carbons (Fsp3) is 0.556. The van der Waals surface area contributed by atoms with E-state index >= 15 is 0 Å². The first-order valence-electron chi connectivity index (χ1n) is 8.18. The Kier molecular flexibility index (Phi) is 5.70. The van der Waals surface area contributed by atoms with Gasteiger partial charge in [0.15, 0.2) is 11.5 Å². The highest BCUT2D eigenvalue weighted by molar-refractivity contribution is 5.81. The summed E-state index contributed by atoms with van der Waals surface area (Å²) in [7, 11) is 1.78. The second-order valence-electron chi connectivity index (χ2n) is 7.05. The smallest absolute Gasteiger partial charge is 0.231 e. The average Bonchev–Trinajstić information content (AvgIpc) is 2.97. The molecule has 1 aromatic carbocycles. The van der Waals surface area contributed by atoms with E-state index in [9.17, 15) is 9.59 Å². The molecule has 0 atom stereocenters. The predicted octanol–water partition coefficient (Wildman–Crippen LogP) is 2.32. The van der Waals surface area contributed by atoms with Crippen molar-refractivity contribution in [2.24, 2.45) is 5.41 Å². The van der Waals surface area contributed by atoms with E-state index in [0.717, 1.165) is 17.1 Å². The van der Waals surface area contributed by atoms with Crippen molar-refractivity contribution in [1.29, 1.82) is 0 Å². The van der Waals surface area contributed by atoms with Gasteiger partial charge in [0, 0.05) is 32.0 Å². The molecule has 0 saturated carbocycles. The Hall–Kier alpha value is -2.24. The third-order valence-corrected chi connectivity index (χ3v) is 3.82. The number of amides is 2. The highest BCUT2D eigenvalue weighted by atomic mass is 16.7. The maximum absolute atomic E-state index is 12.2. The Morgan fingerprint density at radius 3 is 2.62 bits per heavy atom. The lowest BCUT2D eigenvalue weighted by Gasteiger charge is -2.19. The van der Waals surface area contributed by atoms with E-state index in [-0.39, 0.29) is 18.6 Å². The highest BCUT2D eigenvalue weighted by Gasteiger charge is 2.20. The van der Waals surface area contributed by atoms with Gasteiger partial charge in [-0.05, 0) is 24.1 Å². The van der Waals surface area contributed by atoms with Gasteiger partial charge in [-0.25, -0.2) is 0 Å². The second kappa shape index (κ2) is 7.55. The highest BCUT2D eigenvalue weighted by Crippen LogP contribution is 2.32. The summed E-state index contributed by atoms with van der Waals surface area (Å²) in [5.41, 5.74) is 0.594. The van der Waals surface area contributed by atoms with Gasteiger partial charge in [0.1, 0.15) is 0 Å². The minimum atomic E-state index is -0.403. The number of ether oxygens (including phenoxy) is 2. The molecule has 0 unspecified atom stereocenters. The molecular weight excluding hydrogens is 308 g/mol. The summed E-state index contributed by atoms with van der Waals surface area (Å²) in [6.07, 6.45) is 1.04. The van der Waals surface area contributed by atoms with Crippen LogP contribution in [0.2, 0.25) is 0 Å². The van der Waals surface area contributed by atoms with Crippen LogP contribution in [0.3, 0.4) is 0 Å². The summed E-state index contributed by atoms with van der Waals surface area (Å²) in [5, 5.41) is 2.85. The van der Waals surface area contributed by atoms with Crippen LogP contribution in [0, 0.1) is 5.41 Å². The molecule has 1 aliphatic heterocycles. The lowest BCUT2D eigenvalue weighted by Crippen LogP contribution is -2.35. The van der Waals surface area contributed by atoms with Crippen molar-refractivity contribution in [2.75, 3.05) is 20.4 Å². The van der Waals surface area contributed by atoms with Crippen LogP contribution in [0.5, 0.6) is 11.5 Å². The van der Waals surface area contributed by atoms with Crippen LogP contribution in [0.25, 0.3) is 0 Å². The van der Waals surface area contributed by atoms with E-state index in [4.69, 9.17) is 9.47 Å². The molecule has 132 valence electrons. The molecule has 1 heterocycles. The Morgan fingerprint density at radius 1 is 1.21 bits per heavy atom. The van der Waals surface area contributed by atoms with Crippen molar-refractivity contribution in [3.05, 3.63) is 23.8 Å². The van der Waals surface area contributed by atoms with Crippen molar-refractivity contribution in [3.8, 4) is 11.5 Å². The summed E-state index contributed by atoms with van der Waals surface area (Å²) in [6, 6.07) is 5.69. The number of benzene rings is 1. The zero-order valence-corrected chi connectivity index (χ0v) is 14.8. The second-order valence-corrected chi connectivity index (χ2v) is 7.05. The van der Waals surface area contributed by atoms with Crippen molar-refractivity contribution < 1.29 is 19.1 Å². The van der Waals surface area contributed by atoms with E-state index in [1.54, 1.807) is 11.9 Å². The Labute approximate surface area is 143 Å². The summed E-state index contributed by atoms with van der Waals surface area (Å²) < 4.78 is 10.6. The summed E-state index contributed by atoms with van der Waals surface area (Å²) >= 11 is 0. The largest absolute Gasteiger partial charge is 0.454 e. The maximum atomic E-state index is 12.2. The molecule has 0 fully saturated rings. The first-order chi connectivity index (χ1) is 11.3. The summed E-state index contributed by atoms with van der Waals surface area (Å²) in [5.74, 6) is 1.52. The Balaban J connectivity index is 1.73. The van der Waals surface area contributed by atoms with Gasteiger partial charge in [-0.1, -0.05) is 26.8 Å². The third-order valence-electron chi connectivity index (χ3n) is 3.82. The molecule has 2 amide bonds. The molecule has 6 nitrogen and oxygen atoms in total. The van der Waals surface area contributed by atoms with E-state index in [1.165, 1.54) is 0 Å². The first kappa shape index (κ1) is 18.1. The maximum Gasteiger partial charge on any atom is 0.231 e. The van der Waals surface area contributed by atoms with Crippen molar-refractivity contribution >= 4 is 11.8 Å². The van der Waals surface area contributed by atoms with Crippen LogP contribution in [0.4, 0.5) is 0 Å². The number of nitrogens with one attached hydrogen (secondary N) is 1. The van der Waals surface area contributed by atoms with Crippen molar-refractivity contribution in [3.63, 3.8) is 0 Å². The van der Waals surface area contributed by atoms with E-state index in [0.29, 0.717) is 25.9 Å². The van der Waals surface area contributed by atoms with Crippen LogP contribution in [-0.2, 0) is 16.1 Å². The average molecular weight is 334 g/mol. The van der Waals surface area contributed by atoms with Crippen LogP contribution in [0.15, 0.2) is 18.2 Å². The summed E-state index contributed by atoms with van der Waals surface area (Å²) in [6.45, 7) is 6.88. The molecule has 0 aliphatic carbocycles. The number of carbonyl (C=O) groups is 2. The van der Waals surface area contributed by atoms with Gasteiger partial charge < -0.3 is 19.7 Å². The number of nitrogens with zero attached hydrogens (tertiary/aromatic N) is 1. The zero-order chi connectivity index (χ0) is 17.7. The van der Waals surface area contributed by atoms with E-state index < -0.39 is 5.41 Å². The van der Waals surface area contributed by atoms with Gasteiger partial charge in [0.05, 0.1) is 0 Å². The molecule has 0 bridgehead atoms. The Morgan fingerprint density at radius 2 is 1.92 bits per heavy atom. The molecule has 0 aromatic heterocycles. The number of rotatable bonds is 6. The third kappa shape index (κ3) is 4.88. The van der Waals surface area contributed by atoms with Gasteiger partial charge in [-0.3, -0.25) is 9.59 Å². The van der Waals surface area contributed by atoms with Crippen LogP contribution in [0.1, 0.15) is 39.2 Å². The molecule has 1 aliphatic rings. The molecular formula is C18H26N2O4. The van der Waals surface area contributed by atoms with Crippen LogP contribution < -0.4 is 14.8 Å². The van der Waals surface area contributed by atoms with Crippen LogP contribution in [-0.4, -0.2) is 37.1 Å². The predicted molar refractivity (Wildman–Crippen MR) is 90.7 cm³/mol. The van der Waals surface area contributed by atoms with E-state index in [2.05, 4.69) is 5.32 Å². The lowest BCUT2D eigenvalue weighted by molar-refractivity contribution is -0.131. The van der Waals surface area contributed by atoms with E-state index in [1.807, 2.05) is 39.0 Å². The number of carbonyl (C=O) groups excluding carboxylic acids is 2. The molecule has 0 saturated heterocycles. The molecule has 6 heteroatoms. The minimum Gasteiger partial charge on any atom is -0.454 e. The van der Waals surface area contributed by atoms with Gasteiger partial charge in [0.25, 0.3) is 0 Å². The fourth-order valence-electron chi connectivity index (χ4n) is 2.30. The number of hydrogen-bond donors (Lipinski definition) is 1. The SMILES string of the molecule is CN(Cc1ccc2c(c1)OCO2)C(=O)CCCNC(=O)C(C)(C)C. The van der Waals surface area contributed by atoms with Gasteiger partial charge in [-0.2, -0.15) is 0 Å². The topological polar surface area (TPSA) is 67.9 Å². The number of hydrogen-bond acceptors (Lipinski definition) is 4. The zero-order valence-electron chi connectivity index (χ0n) is 14.8. The molecule has 0 radical (unpaired) electrons.